The first-order valence-electron chi connectivity index (χ1n) is 5.49. The highest BCUT2D eigenvalue weighted by atomic mass is 32.1. The van der Waals surface area contributed by atoms with Gasteiger partial charge < -0.3 is 10.5 Å². The number of nitrogens with two attached hydrogens (primary N) is 1. The van der Waals surface area contributed by atoms with Crippen molar-refractivity contribution in [2.75, 3.05) is 26.8 Å². The van der Waals surface area contributed by atoms with Crippen molar-refractivity contribution < 1.29 is 4.74 Å². The zero-order valence-corrected chi connectivity index (χ0v) is 10.7. The summed E-state index contributed by atoms with van der Waals surface area (Å²) in [5.74, 6) is 0. The molecule has 0 saturated carbocycles. The van der Waals surface area contributed by atoms with Gasteiger partial charge in [-0.15, -0.1) is 11.3 Å². The zero-order chi connectivity index (χ0) is 11.6. The molecule has 5 heteroatoms. The van der Waals surface area contributed by atoms with Crippen molar-refractivity contribution in [1.82, 2.24) is 9.88 Å². The lowest BCUT2D eigenvalue weighted by Gasteiger charge is -2.31. The second-order valence-corrected chi connectivity index (χ2v) is 5.65. The number of aromatic nitrogens is 1. The molecule has 1 aromatic heterocycles. The molecule has 90 valence electrons. The van der Waals surface area contributed by atoms with E-state index in [1.807, 2.05) is 5.51 Å². The summed E-state index contributed by atoms with van der Waals surface area (Å²) in [4.78, 5) is 6.55. The number of thiazole rings is 1. The molecular weight excluding hydrogens is 222 g/mol. The summed E-state index contributed by atoms with van der Waals surface area (Å²) >= 11 is 1.64. The Hall–Kier alpha value is -0.490. The SMILES string of the molecule is CN(Cc1cscn1)CC1(C)COCC1N. The molecule has 1 aliphatic rings. The monoisotopic (exact) mass is 241 g/mol. The van der Waals surface area contributed by atoms with Gasteiger partial charge in [0.2, 0.25) is 0 Å². The van der Waals surface area contributed by atoms with Gasteiger partial charge in [0.15, 0.2) is 0 Å². The molecule has 0 aromatic carbocycles. The van der Waals surface area contributed by atoms with Crippen molar-refractivity contribution in [3.05, 3.63) is 16.6 Å². The van der Waals surface area contributed by atoms with E-state index in [9.17, 15) is 0 Å². The third kappa shape index (κ3) is 2.60. The van der Waals surface area contributed by atoms with E-state index >= 15 is 0 Å². The summed E-state index contributed by atoms with van der Waals surface area (Å²) in [7, 11) is 2.11. The molecule has 0 spiro atoms. The summed E-state index contributed by atoms with van der Waals surface area (Å²) in [6.45, 7) is 5.47. The Balaban J connectivity index is 1.89. The highest BCUT2D eigenvalue weighted by Crippen LogP contribution is 2.28. The van der Waals surface area contributed by atoms with Crippen LogP contribution < -0.4 is 5.73 Å². The third-order valence-corrected chi connectivity index (χ3v) is 3.81. The van der Waals surface area contributed by atoms with Crippen LogP contribution >= 0.6 is 11.3 Å². The van der Waals surface area contributed by atoms with Crippen LogP contribution in [0.5, 0.6) is 0 Å². The van der Waals surface area contributed by atoms with Crippen LogP contribution in [0.4, 0.5) is 0 Å². The number of ether oxygens (including phenoxy) is 1. The molecule has 2 heterocycles. The summed E-state index contributed by atoms with van der Waals surface area (Å²) in [5.41, 5.74) is 9.14. The largest absolute Gasteiger partial charge is 0.379 e. The van der Waals surface area contributed by atoms with Crippen LogP contribution in [0.2, 0.25) is 0 Å². The van der Waals surface area contributed by atoms with E-state index < -0.39 is 0 Å². The lowest BCUT2D eigenvalue weighted by molar-refractivity contribution is 0.127. The Bertz CT molecular complexity index is 330. The van der Waals surface area contributed by atoms with Crippen molar-refractivity contribution in [3.63, 3.8) is 0 Å². The van der Waals surface area contributed by atoms with E-state index in [-0.39, 0.29) is 11.5 Å². The van der Waals surface area contributed by atoms with Gasteiger partial charge in [-0.05, 0) is 7.05 Å². The average molecular weight is 241 g/mol. The van der Waals surface area contributed by atoms with Crippen LogP contribution in [0.15, 0.2) is 10.9 Å². The minimum atomic E-state index is 0.0742. The molecule has 0 radical (unpaired) electrons. The topological polar surface area (TPSA) is 51.4 Å². The van der Waals surface area contributed by atoms with E-state index in [1.165, 1.54) is 0 Å². The Morgan fingerprint density at radius 1 is 1.75 bits per heavy atom. The molecule has 2 N–H and O–H groups in total. The molecule has 2 unspecified atom stereocenters. The van der Waals surface area contributed by atoms with E-state index in [0.717, 1.165) is 25.4 Å². The van der Waals surface area contributed by atoms with Gasteiger partial charge in [-0.3, -0.25) is 4.90 Å². The lowest BCUT2D eigenvalue weighted by Crippen LogP contribution is -2.45. The summed E-state index contributed by atoms with van der Waals surface area (Å²) in [6.07, 6.45) is 0. The molecule has 1 aromatic rings. The maximum atomic E-state index is 6.07. The van der Waals surface area contributed by atoms with Crippen LogP contribution in [0.1, 0.15) is 12.6 Å². The normalized spacial score (nSPS) is 30.1. The van der Waals surface area contributed by atoms with Crippen LogP contribution in [-0.4, -0.2) is 42.7 Å². The molecule has 2 atom stereocenters. The molecule has 16 heavy (non-hydrogen) atoms. The predicted molar refractivity (Wildman–Crippen MR) is 65.3 cm³/mol. The molecule has 1 saturated heterocycles. The Morgan fingerprint density at radius 3 is 3.12 bits per heavy atom. The molecule has 0 bridgehead atoms. The van der Waals surface area contributed by atoms with Gasteiger partial charge in [-0.25, -0.2) is 4.98 Å². The van der Waals surface area contributed by atoms with Crippen LogP contribution in [-0.2, 0) is 11.3 Å². The first kappa shape index (κ1) is 12.0. The highest BCUT2D eigenvalue weighted by molar-refractivity contribution is 7.07. The number of rotatable bonds is 4. The molecular formula is C11H19N3OS. The fourth-order valence-electron chi connectivity index (χ4n) is 2.15. The number of hydrogen-bond donors (Lipinski definition) is 1. The molecule has 1 aliphatic heterocycles. The van der Waals surface area contributed by atoms with Gasteiger partial charge in [0.1, 0.15) is 0 Å². The smallest absolute Gasteiger partial charge is 0.0795 e. The van der Waals surface area contributed by atoms with Crippen molar-refractivity contribution in [2.24, 2.45) is 11.1 Å². The van der Waals surface area contributed by atoms with Gasteiger partial charge in [-0.2, -0.15) is 0 Å². The fraction of sp³-hybridized carbons (Fsp3) is 0.727. The lowest BCUT2D eigenvalue weighted by atomic mass is 9.85. The molecule has 0 aliphatic carbocycles. The first-order chi connectivity index (χ1) is 7.60. The van der Waals surface area contributed by atoms with Gasteiger partial charge in [-0.1, -0.05) is 6.92 Å². The molecule has 0 amide bonds. The van der Waals surface area contributed by atoms with Gasteiger partial charge in [0.05, 0.1) is 24.4 Å². The maximum Gasteiger partial charge on any atom is 0.0795 e. The van der Waals surface area contributed by atoms with Gasteiger partial charge >= 0.3 is 0 Å². The van der Waals surface area contributed by atoms with Crippen molar-refractivity contribution in [2.45, 2.75) is 19.5 Å². The Morgan fingerprint density at radius 2 is 2.56 bits per heavy atom. The average Bonchev–Trinajstić information content (AvgIpc) is 2.79. The highest BCUT2D eigenvalue weighted by Gasteiger charge is 2.38. The van der Waals surface area contributed by atoms with E-state index in [2.05, 4.69) is 29.2 Å². The first-order valence-corrected chi connectivity index (χ1v) is 6.43. The van der Waals surface area contributed by atoms with Crippen molar-refractivity contribution in [1.29, 1.82) is 0 Å². The minimum Gasteiger partial charge on any atom is -0.379 e. The van der Waals surface area contributed by atoms with Crippen LogP contribution in [0.25, 0.3) is 0 Å². The summed E-state index contributed by atoms with van der Waals surface area (Å²) < 4.78 is 5.44. The maximum absolute atomic E-state index is 6.07. The standard InChI is InChI=1S/C11H19N3OS/c1-11(7-15-4-10(11)12)6-14(2)3-9-5-16-8-13-9/h5,8,10H,3-4,6-7,12H2,1-2H3. The molecule has 1 fully saturated rings. The van der Waals surface area contributed by atoms with E-state index in [0.29, 0.717) is 6.61 Å². The second kappa shape index (κ2) is 4.79. The summed E-state index contributed by atoms with van der Waals surface area (Å²) in [6, 6.07) is 0.144. The van der Waals surface area contributed by atoms with Crippen molar-refractivity contribution in [3.8, 4) is 0 Å². The van der Waals surface area contributed by atoms with Gasteiger partial charge in [0.25, 0.3) is 0 Å². The minimum absolute atomic E-state index is 0.0742. The van der Waals surface area contributed by atoms with Gasteiger partial charge in [0, 0.05) is 29.9 Å². The quantitative estimate of drug-likeness (QED) is 0.852. The second-order valence-electron chi connectivity index (χ2n) is 4.93. The molecule has 4 nitrogen and oxygen atoms in total. The third-order valence-electron chi connectivity index (χ3n) is 3.17. The fourth-order valence-corrected chi connectivity index (χ4v) is 2.70. The van der Waals surface area contributed by atoms with E-state index in [4.69, 9.17) is 10.5 Å². The number of hydrogen-bond acceptors (Lipinski definition) is 5. The molecule has 2 rings (SSSR count). The van der Waals surface area contributed by atoms with Crippen molar-refractivity contribution >= 4 is 11.3 Å². The summed E-state index contributed by atoms with van der Waals surface area (Å²) in [5, 5.41) is 2.09. The predicted octanol–water partition coefficient (Wildman–Crippen LogP) is 0.939. The Labute approximate surface area is 100 Å². The van der Waals surface area contributed by atoms with E-state index in [1.54, 1.807) is 11.3 Å². The Kier molecular flexibility index (Phi) is 3.59. The number of nitrogens with zero attached hydrogens (tertiary/aromatic N) is 2. The van der Waals surface area contributed by atoms with Crippen LogP contribution in [0, 0.1) is 5.41 Å². The zero-order valence-electron chi connectivity index (χ0n) is 9.85. The van der Waals surface area contributed by atoms with Crippen LogP contribution in [0.3, 0.4) is 0 Å².